The highest BCUT2D eigenvalue weighted by Gasteiger charge is 2.13. The smallest absolute Gasteiger partial charge is 0.193 e. The van der Waals surface area contributed by atoms with E-state index < -0.39 is 15.7 Å². The molecule has 0 atom stereocenters. The monoisotopic (exact) mass is 312 g/mol. The predicted octanol–water partition coefficient (Wildman–Crippen LogP) is 3.11. The number of halogens is 2. The van der Waals surface area contributed by atoms with Crippen molar-refractivity contribution in [3.05, 3.63) is 64.4 Å². The molecule has 0 aliphatic rings. The van der Waals surface area contributed by atoms with Crippen LogP contribution in [-0.2, 0) is 9.84 Å². The van der Waals surface area contributed by atoms with E-state index >= 15 is 0 Å². The van der Waals surface area contributed by atoms with Gasteiger partial charge in [-0.1, -0.05) is 11.6 Å². The number of sulfone groups is 1. The first-order valence-electron chi connectivity index (χ1n) is 5.59. The van der Waals surface area contributed by atoms with Crippen LogP contribution in [0.15, 0.2) is 47.4 Å². The zero-order valence-corrected chi connectivity index (χ0v) is 12.0. The maximum absolute atomic E-state index is 13.0. The average molecular weight is 313 g/mol. The lowest BCUT2D eigenvalue weighted by atomic mass is 10.0. The molecule has 104 valence electrons. The van der Waals surface area contributed by atoms with Crippen LogP contribution in [0.1, 0.15) is 15.9 Å². The molecular weight excluding hydrogens is 303 g/mol. The van der Waals surface area contributed by atoms with Crippen LogP contribution in [0.3, 0.4) is 0 Å². The van der Waals surface area contributed by atoms with Crippen LogP contribution in [0.25, 0.3) is 0 Å². The third-order valence-corrected chi connectivity index (χ3v) is 4.14. The Labute approximate surface area is 120 Å². The lowest BCUT2D eigenvalue weighted by Crippen LogP contribution is -2.03. The van der Waals surface area contributed by atoms with E-state index in [1.54, 1.807) is 0 Å². The van der Waals surface area contributed by atoms with Crippen molar-refractivity contribution in [2.24, 2.45) is 0 Å². The second-order valence-electron chi connectivity index (χ2n) is 4.25. The molecule has 0 bridgehead atoms. The fourth-order valence-electron chi connectivity index (χ4n) is 1.66. The second-order valence-corrected chi connectivity index (χ2v) is 6.68. The van der Waals surface area contributed by atoms with E-state index in [1.807, 2.05) is 0 Å². The van der Waals surface area contributed by atoms with Gasteiger partial charge in [0.25, 0.3) is 0 Å². The van der Waals surface area contributed by atoms with Gasteiger partial charge in [0.15, 0.2) is 15.6 Å². The number of hydrogen-bond donors (Lipinski definition) is 0. The molecule has 2 aromatic rings. The SMILES string of the molecule is CS(=O)(=O)c1ccc(C(=O)c2ccc(F)c(Cl)c2)cc1. The summed E-state index contributed by atoms with van der Waals surface area (Å²) in [6.07, 6.45) is 1.09. The summed E-state index contributed by atoms with van der Waals surface area (Å²) >= 11 is 5.62. The maximum Gasteiger partial charge on any atom is 0.193 e. The fourth-order valence-corrected chi connectivity index (χ4v) is 2.47. The average Bonchev–Trinajstić information content (AvgIpc) is 2.40. The van der Waals surface area contributed by atoms with Gasteiger partial charge in [0, 0.05) is 17.4 Å². The van der Waals surface area contributed by atoms with Crippen LogP contribution in [0.2, 0.25) is 5.02 Å². The quantitative estimate of drug-likeness (QED) is 0.818. The summed E-state index contributed by atoms with van der Waals surface area (Å²) in [5, 5.41) is -0.136. The second kappa shape index (κ2) is 5.34. The van der Waals surface area contributed by atoms with Gasteiger partial charge in [-0.3, -0.25) is 4.79 Å². The highest BCUT2D eigenvalue weighted by Crippen LogP contribution is 2.19. The number of carbonyl (C=O) groups excluding carboxylic acids is 1. The fraction of sp³-hybridized carbons (Fsp3) is 0.0714. The van der Waals surface area contributed by atoms with Gasteiger partial charge >= 0.3 is 0 Å². The Bertz CT molecular complexity index is 768. The van der Waals surface area contributed by atoms with Crippen molar-refractivity contribution in [2.75, 3.05) is 6.26 Å². The van der Waals surface area contributed by atoms with Crippen molar-refractivity contribution in [2.45, 2.75) is 4.90 Å². The summed E-state index contributed by atoms with van der Waals surface area (Å²) in [5.41, 5.74) is 0.545. The van der Waals surface area contributed by atoms with Gasteiger partial charge in [-0.2, -0.15) is 0 Å². The minimum absolute atomic E-state index is 0.131. The van der Waals surface area contributed by atoms with E-state index in [0.29, 0.717) is 5.56 Å². The highest BCUT2D eigenvalue weighted by molar-refractivity contribution is 7.90. The first-order valence-corrected chi connectivity index (χ1v) is 7.86. The molecule has 0 fully saturated rings. The van der Waals surface area contributed by atoms with Crippen LogP contribution < -0.4 is 0 Å². The molecule has 2 aromatic carbocycles. The van der Waals surface area contributed by atoms with Crippen molar-refractivity contribution in [3.63, 3.8) is 0 Å². The first-order chi connectivity index (χ1) is 9.29. The largest absolute Gasteiger partial charge is 0.289 e. The van der Waals surface area contributed by atoms with Gasteiger partial charge in [0.05, 0.1) is 9.92 Å². The Morgan fingerprint density at radius 1 is 1.05 bits per heavy atom. The van der Waals surface area contributed by atoms with Crippen LogP contribution >= 0.6 is 11.6 Å². The van der Waals surface area contributed by atoms with Crippen molar-refractivity contribution in [3.8, 4) is 0 Å². The Morgan fingerprint density at radius 3 is 2.10 bits per heavy atom. The number of ketones is 1. The molecule has 0 saturated heterocycles. The van der Waals surface area contributed by atoms with E-state index in [0.717, 1.165) is 12.3 Å². The minimum Gasteiger partial charge on any atom is -0.289 e. The number of hydrogen-bond acceptors (Lipinski definition) is 3. The molecule has 0 radical (unpaired) electrons. The molecule has 20 heavy (non-hydrogen) atoms. The molecule has 0 aromatic heterocycles. The standard InChI is InChI=1S/C14H10ClFO3S/c1-20(18,19)11-5-2-9(3-6-11)14(17)10-4-7-13(16)12(15)8-10/h2-8H,1H3. The molecule has 6 heteroatoms. The molecule has 0 aliphatic heterocycles. The van der Waals surface area contributed by atoms with Gasteiger partial charge < -0.3 is 0 Å². The molecule has 0 N–H and O–H groups in total. The van der Waals surface area contributed by atoms with Crippen LogP contribution in [0.5, 0.6) is 0 Å². The molecule has 2 rings (SSSR count). The molecule has 0 amide bonds. The zero-order chi connectivity index (χ0) is 14.9. The molecular formula is C14H10ClFO3S. The van der Waals surface area contributed by atoms with Gasteiger partial charge in [-0.25, -0.2) is 12.8 Å². The lowest BCUT2D eigenvalue weighted by Gasteiger charge is -2.04. The lowest BCUT2D eigenvalue weighted by molar-refractivity contribution is 0.103. The number of carbonyl (C=O) groups is 1. The van der Waals surface area contributed by atoms with Gasteiger partial charge in [0.1, 0.15) is 5.82 Å². The molecule has 0 saturated carbocycles. The van der Waals surface area contributed by atoms with E-state index in [1.165, 1.54) is 36.4 Å². The van der Waals surface area contributed by atoms with E-state index in [4.69, 9.17) is 11.6 Å². The topological polar surface area (TPSA) is 51.2 Å². The minimum atomic E-state index is -3.30. The third-order valence-electron chi connectivity index (χ3n) is 2.73. The third kappa shape index (κ3) is 3.05. The summed E-state index contributed by atoms with van der Waals surface area (Å²) < 4.78 is 35.7. The molecule has 0 heterocycles. The van der Waals surface area contributed by atoms with Crippen LogP contribution in [0.4, 0.5) is 4.39 Å². The molecule has 3 nitrogen and oxygen atoms in total. The summed E-state index contributed by atoms with van der Waals surface area (Å²) in [4.78, 5) is 12.3. The summed E-state index contributed by atoms with van der Waals surface area (Å²) in [7, 11) is -3.30. The molecule has 0 aliphatic carbocycles. The van der Waals surface area contributed by atoms with Crippen molar-refractivity contribution in [1.82, 2.24) is 0 Å². The van der Waals surface area contributed by atoms with Crippen LogP contribution in [-0.4, -0.2) is 20.5 Å². The summed E-state index contributed by atoms with van der Waals surface area (Å²) in [5.74, 6) is -0.956. The predicted molar refractivity (Wildman–Crippen MR) is 74.4 cm³/mol. The van der Waals surface area contributed by atoms with Crippen LogP contribution in [0, 0.1) is 5.82 Å². The summed E-state index contributed by atoms with van der Waals surface area (Å²) in [6, 6.07) is 9.21. The van der Waals surface area contributed by atoms with E-state index in [2.05, 4.69) is 0 Å². The van der Waals surface area contributed by atoms with E-state index in [-0.39, 0.29) is 21.3 Å². The summed E-state index contributed by atoms with van der Waals surface area (Å²) in [6.45, 7) is 0. The van der Waals surface area contributed by atoms with Crippen molar-refractivity contribution < 1.29 is 17.6 Å². The Hall–Kier alpha value is -1.72. The van der Waals surface area contributed by atoms with Gasteiger partial charge in [-0.05, 0) is 42.5 Å². The van der Waals surface area contributed by atoms with Crippen molar-refractivity contribution in [1.29, 1.82) is 0 Å². The normalized spacial score (nSPS) is 11.3. The Morgan fingerprint density at radius 2 is 1.60 bits per heavy atom. The number of benzene rings is 2. The Balaban J connectivity index is 2.36. The first kappa shape index (κ1) is 14.7. The van der Waals surface area contributed by atoms with Crippen molar-refractivity contribution >= 4 is 27.2 Å². The molecule has 0 unspecified atom stereocenters. The molecule has 0 spiro atoms. The number of rotatable bonds is 3. The maximum atomic E-state index is 13.0. The Kier molecular flexibility index (Phi) is 3.92. The van der Waals surface area contributed by atoms with E-state index in [9.17, 15) is 17.6 Å². The van der Waals surface area contributed by atoms with Gasteiger partial charge in [-0.15, -0.1) is 0 Å². The zero-order valence-electron chi connectivity index (χ0n) is 10.4. The van der Waals surface area contributed by atoms with Gasteiger partial charge in [0.2, 0.25) is 0 Å². The highest BCUT2D eigenvalue weighted by atomic mass is 35.5.